The minimum absolute atomic E-state index is 0.484. The Balaban J connectivity index is 2.95. The summed E-state index contributed by atoms with van der Waals surface area (Å²) in [6.45, 7) is 8.97. The van der Waals surface area contributed by atoms with Crippen LogP contribution < -0.4 is 0 Å². The molecule has 18 heavy (non-hydrogen) atoms. The number of ether oxygens (including phenoxy) is 3. The fourth-order valence-corrected chi connectivity index (χ4v) is 3.07. The summed E-state index contributed by atoms with van der Waals surface area (Å²) in [6.07, 6.45) is 1.98. The zero-order valence-electron chi connectivity index (χ0n) is 11.8. The highest BCUT2D eigenvalue weighted by Gasteiger charge is 2.56. The van der Waals surface area contributed by atoms with Gasteiger partial charge in [0.25, 0.3) is 0 Å². The zero-order valence-corrected chi connectivity index (χ0v) is 12.8. The summed E-state index contributed by atoms with van der Waals surface area (Å²) in [5.41, 5.74) is 0. The fraction of sp³-hybridized carbons (Fsp3) is 1.00. The van der Waals surface area contributed by atoms with E-state index < -0.39 is 19.6 Å². The van der Waals surface area contributed by atoms with Crippen LogP contribution in [0.5, 0.6) is 0 Å². The van der Waals surface area contributed by atoms with Crippen LogP contribution in [0.4, 0.5) is 0 Å². The van der Waals surface area contributed by atoms with Gasteiger partial charge in [0.2, 0.25) is 11.6 Å². The fourth-order valence-electron chi connectivity index (χ4n) is 2.21. The molecule has 0 aromatic rings. The average Bonchev–Trinajstić information content (AvgIpc) is 2.79. The second kappa shape index (κ2) is 7.01. The van der Waals surface area contributed by atoms with Crippen LogP contribution in [-0.2, 0) is 23.3 Å². The molecule has 0 aromatic heterocycles. The van der Waals surface area contributed by atoms with Gasteiger partial charge in [-0.15, -0.1) is 0 Å². The molecule has 1 rings (SSSR count). The van der Waals surface area contributed by atoms with Crippen molar-refractivity contribution in [2.75, 3.05) is 26.0 Å². The van der Waals surface area contributed by atoms with Gasteiger partial charge in [-0.1, -0.05) is 6.92 Å². The zero-order chi connectivity index (χ0) is 13.6. The summed E-state index contributed by atoms with van der Waals surface area (Å²) in [5, 5.41) is 0. The molecule has 0 aliphatic carbocycles. The molecule has 108 valence electrons. The minimum atomic E-state index is -2.12. The molecule has 2 unspecified atom stereocenters. The number of hydrogen-bond donors (Lipinski definition) is 0. The topological polar surface area (TPSA) is 54.0 Å². The second-order valence-electron chi connectivity index (χ2n) is 4.34. The van der Waals surface area contributed by atoms with Crippen molar-refractivity contribution in [3.05, 3.63) is 0 Å². The SMILES string of the molecule is CCOC(C)(OCC)C1(O[PH](=O)CC)CCCO1. The molecule has 6 heteroatoms. The van der Waals surface area contributed by atoms with Gasteiger partial charge in [0.05, 0.1) is 6.61 Å². The monoisotopic (exact) mass is 280 g/mol. The normalized spacial score (nSPS) is 26.4. The highest BCUT2D eigenvalue weighted by atomic mass is 31.1. The Kier molecular flexibility index (Phi) is 6.28. The van der Waals surface area contributed by atoms with Crippen molar-refractivity contribution in [1.29, 1.82) is 0 Å². The lowest BCUT2D eigenvalue weighted by molar-refractivity contribution is -0.365. The predicted molar refractivity (Wildman–Crippen MR) is 70.2 cm³/mol. The molecule has 0 spiro atoms. The maximum Gasteiger partial charge on any atom is 0.229 e. The molecule has 0 N–H and O–H groups in total. The van der Waals surface area contributed by atoms with Crippen LogP contribution in [0.25, 0.3) is 0 Å². The van der Waals surface area contributed by atoms with Gasteiger partial charge in [0.15, 0.2) is 8.03 Å². The Morgan fingerprint density at radius 3 is 2.28 bits per heavy atom. The third-order valence-corrected chi connectivity index (χ3v) is 4.22. The van der Waals surface area contributed by atoms with E-state index in [0.29, 0.717) is 32.4 Å². The van der Waals surface area contributed by atoms with Crippen LogP contribution in [0.1, 0.15) is 40.5 Å². The van der Waals surface area contributed by atoms with Crippen LogP contribution in [0, 0.1) is 0 Å². The molecular weight excluding hydrogens is 255 g/mol. The van der Waals surface area contributed by atoms with Crippen molar-refractivity contribution in [1.82, 2.24) is 0 Å². The predicted octanol–water partition coefficient (Wildman–Crippen LogP) is 2.79. The lowest BCUT2D eigenvalue weighted by Crippen LogP contribution is -2.56. The summed E-state index contributed by atoms with van der Waals surface area (Å²) >= 11 is 0. The van der Waals surface area contributed by atoms with E-state index >= 15 is 0 Å². The molecule has 0 bridgehead atoms. The lowest BCUT2D eigenvalue weighted by atomic mass is 10.0. The molecule has 5 nitrogen and oxygen atoms in total. The van der Waals surface area contributed by atoms with E-state index in [0.717, 1.165) is 6.42 Å². The molecule has 1 fully saturated rings. The average molecular weight is 280 g/mol. The van der Waals surface area contributed by atoms with Crippen LogP contribution in [-0.4, -0.2) is 37.6 Å². The van der Waals surface area contributed by atoms with Crippen molar-refractivity contribution in [2.24, 2.45) is 0 Å². The molecule has 0 radical (unpaired) electrons. The standard InChI is InChI=1S/C12H25O5P/c1-5-14-11(4,15-6-2)12(9-8-10-16-12)17-18(13)7-3/h18H,5-10H2,1-4H3. The molecular formula is C12H25O5P. The summed E-state index contributed by atoms with van der Waals surface area (Å²) < 4.78 is 34.6. The largest absolute Gasteiger partial charge is 0.346 e. The Hall–Kier alpha value is 0.0700. The molecule has 2 atom stereocenters. The Labute approximate surface area is 110 Å². The molecule has 0 amide bonds. The van der Waals surface area contributed by atoms with Gasteiger partial charge < -0.3 is 14.2 Å². The summed E-state index contributed by atoms with van der Waals surface area (Å²) in [7, 11) is -2.12. The second-order valence-corrected chi connectivity index (χ2v) is 6.00. The third-order valence-electron chi connectivity index (χ3n) is 3.08. The summed E-state index contributed by atoms with van der Waals surface area (Å²) in [5.74, 6) is -2.05. The van der Waals surface area contributed by atoms with E-state index in [9.17, 15) is 4.57 Å². The van der Waals surface area contributed by atoms with Crippen molar-refractivity contribution in [3.8, 4) is 0 Å². The summed E-state index contributed by atoms with van der Waals surface area (Å²) in [4.78, 5) is 0. The minimum Gasteiger partial charge on any atom is -0.346 e. The van der Waals surface area contributed by atoms with Gasteiger partial charge in [-0.2, -0.15) is 0 Å². The Morgan fingerprint density at radius 2 is 1.89 bits per heavy atom. The molecule has 1 aliphatic rings. The molecule has 0 saturated carbocycles. The third kappa shape index (κ3) is 3.34. The van der Waals surface area contributed by atoms with Gasteiger partial charge in [-0.3, -0.25) is 9.09 Å². The van der Waals surface area contributed by atoms with Gasteiger partial charge in [-0.05, 0) is 27.2 Å². The quantitative estimate of drug-likeness (QED) is 0.505. The van der Waals surface area contributed by atoms with E-state index in [1.165, 1.54) is 0 Å². The van der Waals surface area contributed by atoms with Crippen LogP contribution >= 0.6 is 8.03 Å². The van der Waals surface area contributed by atoms with Crippen LogP contribution in [0.15, 0.2) is 0 Å². The van der Waals surface area contributed by atoms with E-state index in [4.69, 9.17) is 18.7 Å². The van der Waals surface area contributed by atoms with Crippen molar-refractivity contribution in [2.45, 2.75) is 52.1 Å². The number of hydrogen-bond acceptors (Lipinski definition) is 5. The first-order valence-corrected chi connectivity index (χ1v) is 8.19. The first-order valence-electron chi connectivity index (χ1n) is 6.67. The molecule has 1 aliphatic heterocycles. The van der Waals surface area contributed by atoms with Gasteiger partial charge in [0, 0.05) is 25.8 Å². The maximum absolute atomic E-state index is 11.8. The first-order chi connectivity index (χ1) is 8.53. The lowest BCUT2D eigenvalue weighted by Gasteiger charge is -2.43. The molecule has 1 heterocycles. The van der Waals surface area contributed by atoms with Crippen molar-refractivity contribution in [3.63, 3.8) is 0 Å². The van der Waals surface area contributed by atoms with E-state index in [2.05, 4.69) is 0 Å². The first kappa shape index (κ1) is 16.1. The van der Waals surface area contributed by atoms with Crippen LogP contribution in [0.2, 0.25) is 0 Å². The van der Waals surface area contributed by atoms with E-state index in [-0.39, 0.29) is 0 Å². The van der Waals surface area contributed by atoms with Gasteiger partial charge in [-0.25, -0.2) is 0 Å². The Bertz CT molecular complexity index is 270. The molecule has 1 saturated heterocycles. The Morgan fingerprint density at radius 1 is 1.28 bits per heavy atom. The van der Waals surface area contributed by atoms with Crippen LogP contribution in [0.3, 0.4) is 0 Å². The number of rotatable bonds is 8. The van der Waals surface area contributed by atoms with Crippen molar-refractivity contribution >= 4 is 8.03 Å². The van der Waals surface area contributed by atoms with E-state index in [1.807, 2.05) is 20.8 Å². The highest BCUT2D eigenvalue weighted by molar-refractivity contribution is 7.39. The maximum atomic E-state index is 11.8. The van der Waals surface area contributed by atoms with Crippen molar-refractivity contribution < 1.29 is 23.3 Å². The van der Waals surface area contributed by atoms with Gasteiger partial charge >= 0.3 is 0 Å². The summed E-state index contributed by atoms with van der Waals surface area (Å²) in [6, 6.07) is 0. The highest BCUT2D eigenvalue weighted by Crippen LogP contribution is 2.46. The van der Waals surface area contributed by atoms with E-state index in [1.54, 1.807) is 6.92 Å². The van der Waals surface area contributed by atoms with Gasteiger partial charge in [0.1, 0.15) is 0 Å². The molecule has 0 aromatic carbocycles. The smallest absolute Gasteiger partial charge is 0.229 e.